The number of H-pyrrole nitrogens is 1. The molecule has 1 unspecified atom stereocenters. The average Bonchev–Trinajstić information content (AvgIpc) is 3.09. The molecular formula is C15H18N4O2. The topological polar surface area (TPSA) is 83.8 Å². The minimum atomic E-state index is -0.380. The summed E-state index contributed by atoms with van der Waals surface area (Å²) in [6.07, 6.45) is 3.25. The van der Waals surface area contributed by atoms with E-state index in [-0.39, 0.29) is 10.6 Å². The van der Waals surface area contributed by atoms with Crippen LogP contribution in [0.1, 0.15) is 24.4 Å². The summed E-state index contributed by atoms with van der Waals surface area (Å²) >= 11 is 0. The number of nitro groups is 1. The van der Waals surface area contributed by atoms with Crippen LogP contribution in [0.4, 0.5) is 5.69 Å². The van der Waals surface area contributed by atoms with Crippen molar-refractivity contribution in [3.8, 4) is 11.3 Å². The van der Waals surface area contributed by atoms with E-state index >= 15 is 0 Å². The first kappa shape index (κ1) is 13.8. The number of hydrogen-bond acceptors (Lipinski definition) is 4. The summed E-state index contributed by atoms with van der Waals surface area (Å²) in [6.45, 7) is 3.02. The van der Waals surface area contributed by atoms with E-state index in [1.54, 1.807) is 12.1 Å². The van der Waals surface area contributed by atoms with Crippen LogP contribution >= 0.6 is 0 Å². The molecule has 0 radical (unpaired) electrons. The Morgan fingerprint density at radius 1 is 1.48 bits per heavy atom. The molecule has 1 aliphatic rings. The summed E-state index contributed by atoms with van der Waals surface area (Å²) in [7, 11) is 0. The molecule has 1 atom stereocenters. The second kappa shape index (κ2) is 5.65. The van der Waals surface area contributed by atoms with Gasteiger partial charge in [0.2, 0.25) is 0 Å². The normalized spacial score (nSPS) is 18.0. The summed E-state index contributed by atoms with van der Waals surface area (Å²) in [5, 5.41) is 14.3. The molecule has 2 aromatic rings. The van der Waals surface area contributed by atoms with Gasteiger partial charge >= 0.3 is 0 Å². The lowest BCUT2D eigenvalue weighted by atomic mass is 10.1. The van der Waals surface area contributed by atoms with E-state index in [9.17, 15) is 10.1 Å². The molecule has 0 aliphatic carbocycles. The molecule has 3 rings (SSSR count). The van der Waals surface area contributed by atoms with Crippen LogP contribution in [-0.4, -0.2) is 27.5 Å². The monoisotopic (exact) mass is 286 g/mol. The van der Waals surface area contributed by atoms with Crippen LogP contribution in [0.2, 0.25) is 0 Å². The SMILES string of the molecule is Cc1[nH]c(CC2CCCN2)nc1-c1cccc([N+](=O)[O-])c1. The summed E-state index contributed by atoms with van der Waals surface area (Å²) < 4.78 is 0. The van der Waals surface area contributed by atoms with Crippen molar-refractivity contribution in [1.82, 2.24) is 15.3 Å². The maximum absolute atomic E-state index is 10.9. The molecule has 0 bridgehead atoms. The van der Waals surface area contributed by atoms with Crippen molar-refractivity contribution in [2.45, 2.75) is 32.2 Å². The fourth-order valence-electron chi connectivity index (χ4n) is 2.83. The first-order valence-corrected chi connectivity index (χ1v) is 7.17. The van der Waals surface area contributed by atoms with Crippen molar-refractivity contribution in [2.75, 3.05) is 6.54 Å². The molecule has 2 N–H and O–H groups in total. The number of nitro benzene ring substituents is 1. The maximum Gasteiger partial charge on any atom is 0.270 e. The van der Waals surface area contributed by atoms with Gasteiger partial charge in [0.05, 0.1) is 10.6 Å². The first-order chi connectivity index (χ1) is 10.1. The van der Waals surface area contributed by atoms with Gasteiger partial charge in [-0.1, -0.05) is 12.1 Å². The highest BCUT2D eigenvalue weighted by Crippen LogP contribution is 2.25. The molecule has 0 spiro atoms. The number of nitrogens with zero attached hydrogens (tertiary/aromatic N) is 2. The Hall–Kier alpha value is -2.21. The zero-order valence-corrected chi connectivity index (χ0v) is 11.9. The van der Waals surface area contributed by atoms with Gasteiger partial charge in [0.1, 0.15) is 5.82 Å². The van der Waals surface area contributed by atoms with Crippen molar-refractivity contribution in [3.63, 3.8) is 0 Å². The standard InChI is InChI=1S/C15H18N4O2/c1-10-15(11-4-2-6-13(8-11)19(20)21)18-14(17-10)9-12-5-3-7-16-12/h2,4,6,8,12,16H,3,5,7,9H2,1H3,(H,17,18). The molecule has 2 heterocycles. The van der Waals surface area contributed by atoms with Crippen LogP contribution in [-0.2, 0) is 6.42 Å². The van der Waals surface area contributed by atoms with E-state index in [0.29, 0.717) is 6.04 Å². The number of non-ortho nitro benzene ring substituents is 1. The Kier molecular flexibility index (Phi) is 3.70. The number of hydrogen-bond donors (Lipinski definition) is 2. The van der Waals surface area contributed by atoms with Gasteiger partial charge in [0, 0.05) is 35.9 Å². The lowest BCUT2D eigenvalue weighted by Crippen LogP contribution is -2.24. The van der Waals surface area contributed by atoms with E-state index < -0.39 is 0 Å². The number of rotatable bonds is 4. The molecule has 6 nitrogen and oxygen atoms in total. The second-order valence-electron chi connectivity index (χ2n) is 5.46. The summed E-state index contributed by atoms with van der Waals surface area (Å²) in [5.74, 6) is 0.938. The number of nitrogens with one attached hydrogen (secondary N) is 2. The number of benzene rings is 1. The highest BCUT2D eigenvalue weighted by atomic mass is 16.6. The molecule has 0 saturated carbocycles. The molecule has 1 fully saturated rings. The van der Waals surface area contributed by atoms with Crippen LogP contribution in [0.3, 0.4) is 0 Å². The van der Waals surface area contributed by atoms with Crippen molar-refractivity contribution in [3.05, 3.63) is 45.9 Å². The highest BCUT2D eigenvalue weighted by Gasteiger charge is 2.18. The Labute approximate surface area is 122 Å². The van der Waals surface area contributed by atoms with Crippen molar-refractivity contribution in [1.29, 1.82) is 0 Å². The van der Waals surface area contributed by atoms with Crippen LogP contribution in [0.5, 0.6) is 0 Å². The molecule has 1 saturated heterocycles. The number of aryl methyl sites for hydroxylation is 1. The van der Waals surface area contributed by atoms with E-state index in [0.717, 1.165) is 35.7 Å². The Morgan fingerprint density at radius 2 is 2.33 bits per heavy atom. The van der Waals surface area contributed by atoms with Gasteiger partial charge in [-0.15, -0.1) is 0 Å². The van der Waals surface area contributed by atoms with E-state index in [1.807, 2.05) is 13.0 Å². The molecule has 110 valence electrons. The van der Waals surface area contributed by atoms with E-state index in [2.05, 4.69) is 15.3 Å². The van der Waals surface area contributed by atoms with Crippen molar-refractivity contribution < 1.29 is 4.92 Å². The minimum absolute atomic E-state index is 0.0916. The first-order valence-electron chi connectivity index (χ1n) is 7.17. The van der Waals surface area contributed by atoms with Gasteiger partial charge in [0.15, 0.2) is 0 Å². The predicted octanol–water partition coefficient (Wildman–Crippen LogP) is 2.59. The van der Waals surface area contributed by atoms with E-state index in [4.69, 9.17) is 0 Å². The second-order valence-corrected chi connectivity index (χ2v) is 5.46. The highest BCUT2D eigenvalue weighted by molar-refractivity contribution is 5.64. The summed E-state index contributed by atoms with van der Waals surface area (Å²) in [4.78, 5) is 18.4. The lowest BCUT2D eigenvalue weighted by molar-refractivity contribution is -0.384. The van der Waals surface area contributed by atoms with Gasteiger partial charge in [0.25, 0.3) is 5.69 Å². The van der Waals surface area contributed by atoms with Crippen LogP contribution in [0.15, 0.2) is 24.3 Å². The van der Waals surface area contributed by atoms with E-state index in [1.165, 1.54) is 18.9 Å². The predicted molar refractivity (Wildman–Crippen MR) is 80.1 cm³/mol. The number of aromatic nitrogens is 2. The third-order valence-corrected chi connectivity index (χ3v) is 3.87. The quantitative estimate of drug-likeness (QED) is 0.668. The van der Waals surface area contributed by atoms with Gasteiger partial charge in [-0.25, -0.2) is 4.98 Å². The van der Waals surface area contributed by atoms with Crippen LogP contribution < -0.4 is 5.32 Å². The average molecular weight is 286 g/mol. The van der Waals surface area contributed by atoms with Crippen molar-refractivity contribution in [2.24, 2.45) is 0 Å². The lowest BCUT2D eigenvalue weighted by Gasteiger charge is -2.06. The number of aromatic amines is 1. The Balaban J connectivity index is 1.86. The fraction of sp³-hybridized carbons (Fsp3) is 0.400. The van der Waals surface area contributed by atoms with Gasteiger partial charge in [-0.05, 0) is 26.3 Å². The minimum Gasteiger partial charge on any atom is -0.346 e. The van der Waals surface area contributed by atoms with Crippen LogP contribution in [0, 0.1) is 17.0 Å². The maximum atomic E-state index is 10.9. The molecular weight excluding hydrogens is 268 g/mol. The van der Waals surface area contributed by atoms with Crippen molar-refractivity contribution >= 4 is 5.69 Å². The summed E-state index contributed by atoms with van der Waals surface area (Å²) in [6, 6.07) is 7.09. The van der Waals surface area contributed by atoms with Crippen LogP contribution in [0.25, 0.3) is 11.3 Å². The largest absolute Gasteiger partial charge is 0.346 e. The Morgan fingerprint density at radius 3 is 3.05 bits per heavy atom. The molecule has 1 aliphatic heterocycles. The zero-order chi connectivity index (χ0) is 14.8. The molecule has 0 amide bonds. The smallest absolute Gasteiger partial charge is 0.270 e. The zero-order valence-electron chi connectivity index (χ0n) is 11.9. The summed E-state index contributed by atoms with van der Waals surface area (Å²) in [5.41, 5.74) is 2.62. The molecule has 6 heteroatoms. The van der Waals surface area contributed by atoms with Gasteiger partial charge < -0.3 is 10.3 Å². The molecule has 1 aromatic carbocycles. The fourth-order valence-corrected chi connectivity index (χ4v) is 2.83. The Bertz CT molecular complexity index is 659. The third kappa shape index (κ3) is 2.95. The third-order valence-electron chi connectivity index (χ3n) is 3.87. The van der Waals surface area contributed by atoms with Gasteiger partial charge in [-0.3, -0.25) is 10.1 Å². The van der Waals surface area contributed by atoms with Gasteiger partial charge in [-0.2, -0.15) is 0 Å². The molecule has 1 aromatic heterocycles. The molecule has 21 heavy (non-hydrogen) atoms. The number of imidazole rings is 1.